The van der Waals surface area contributed by atoms with Crippen LogP contribution >= 0.6 is 0 Å². The number of hydrogen-bond donors (Lipinski definition) is 0. The van der Waals surface area contributed by atoms with Gasteiger partial charge in [-0.1, -0.05) is 6.07 Å². The first-order valence-corrected chi connectivity index (χ1v) is 8.41. The van der Waals surface area contributed by atoms with E-state index in [2.05, 4.69) is 18.4 Å². The van der Waals surface area contributed by atoms with Crippen LogP contribution in [0.5, 0.6) is 11.5 Å². The highest BCUT2D eigenvalue weighted by atomic mass is 16.5. The lowest BCUT2D eigenvalue weighted by Gasteiger charge is -2.14. The molecule has 6 nitrogen and oxygen atoms in total. The molecule has 0 saturated carbocycles. The minimum Gasteiger partial charge on any atom is -0.496 e. The highest BCUT2D eigenvalue weighted by Gasteiger charge is 2.22. The zero-order chi connectivity index (χ0) is 19.4. The number of carbonyl (C=O) groups excluding carboxylic acids is 2. The molecule has 0 atom stereocenters. The number of carbonyl (C=O) groups is 2. The van der Waals surface area contributed by atoms with Crippen LogP contribution in [0.2, 0.25) is 0 Å². The number of nitrogens with zero attached hydrogens (tertiary/aromatic N) is 1. The first-order valence-electron chi connectivity index (χ1n) is 8.41. The van der Waals surface area contributed by atoms with Gasteiger partial charge in [-0.05, 0) is 45.9 Å². The van der Waals surface area contributed by atoms with Gasteiger partial charge in [0, 0.05) is 23.0 Å². The molecule has 1 aromatic carbocycles. The quantitative estimate of drug-likeness (QED) is 0.556. The van der Waals surface area contributed by atoms with E-state index in [-0.39, 0.29) is 24.0 Å². The van der Waals surface area contributed by atoms with Crippen molar-refractivity contribution in [2.75, 3.05) is 20.8 Å². The van der Waals surface area contributed by atoms with Crippen LogP contribution in [-0.2, 0) is 4.74 Å². The summed E-state index contributed by atoms with van der Waals surface area (Å²) in [5, 5.41) is 0. The van der Waals surface area contributed by atoms with Crippen LogP contribution in [0.25, 0.3) is 0 Å². The first kappa shape index (κ1) is 19.6. The Labute approximate surface area is 153 Å². The molecule has 0 spiro atoms. The Morgan fingerprint density at radius 1 is 1.08 bits per heavy atom. The second kappa shape index (κ2) is 8.08. The number of aromatic nitrogens is 1. The number of ketones is 1. The minimum atomic E-state index is -0.662. The molecule has 1 heterocycles. The molecule has 0 saturated heterocycles. The molecule has 0 amide bonds. The molecule has 1 aromatic heterocycles. The molecule has 6 heteroatoms. The highest BCUT2D eigenvalue weighted by Crippen LogP contribution is 2.29. The predicted molar refractivity (Wildman–Crippen MR) is 98.5 cm³/mol. The van der Waals surface area contributed by atoms with Gasteiger partial charge in [0.1, 0.15) is 17.1 Å². The Morgan fingerprint density at radius 2 is 1.65 bits per heavy atom. The van der Waals surface area contributed by atoms with Crippen LogP contribution < -0.4 is 9.47 Å². The van der Waals surface area contributed by atoms with E-state index in [0.717, 1.165) is 11.4 Å². The summed E-state index contributed by atoms with van der Waals surface area (Å²) in [7, 11) is 2.91. The SMILES string of the molecule is COc1cccc(OC)c1C(=O)OCC(=O)c1cc(C)n(C(C)C)c1C. The van der Waals surface area contributed by atoms with E-state index in [4.69, 9.17) is 14.2 Å². The Bertz CT molecular complexity index is 798. The van der Waals surface area contributed by atoms with E-state index < -0.39 is 5.97 Å². The van der Waals surface area contributed by atoms with E-state index in [9.17, 15) is 9.59 Å². The van der Waals surface area contributed by atoms with Crippen molar-refractivity contribution in [2.24, 2.45) is 0 Å². The standard InChI is InChI=1S/C20H25NO5/c1-12(2)21-13(3)10-15(14(21)4)16(22)11-26-20(23)19-17(24-5)8-7-9-18(19)25-6/h7-10,12H,11H2,1-6H3. The number of Topliss-reactive ketones (excluding diaryl/α,β-unsaturated/α-hetero) is 1. The van der Waals surface area contributed by atoms with Gasteiger partial charge in [0.2, 0.25) is 5.78 Å². The lowest BCUT2D eigenvalue weighted by Crippen LogP contribution is -2.16. The number of aryl methyl sites for hydroxylation is 1. The highest BCUT2D eigenvalue weighted by molar-refractivity contribution is 6.01. The molecule has 0 bridgehead atoms. The van der Waals surface area contributed by atoms with Gasteiger partial charge in [0.25, 0.3) is 0 Å². The van der Waals surface area contributed by atoms with E-state index in [1.165, 1.54) is 14.2 Å². The summed E-state index contributed by atoms with van der Waals surface area (Å²) in [6.45, 7) is 7.62. The number of benzene rings is 1. The minimum absolute atomic E-state index is 0.165. The van der Waals surface area contributed by atoms with Gasteiger partial charge in [-0.3, -0.25) is 4.79 Å². The van der Waals surface area contributed by atoms with Crippen molar-refractivity contribution in [1.82, 2.24) is 4.57 Å². The van der Waals surface area contributed by atoms with Crippen LogP contribution in [0, 0.1) is 13.8 Å². The van der Waals surface area contributed by atoms with E-state index >= 15 is 0 Å². The smallest absolute Gasteiger partial charge is 0.346 e. The van der Waals surface area contributed by atoms with E-state index in [1.54, 1.807) is 18.2 Å². The summed E-state index contributed by atoms with van der Waals surface area (Å²) in [5.41, 5.74) is 2.60. The molecule has 0 aliphatic rings. The third kappa shape index (κ3) is 3.74. The number of methoxy groups -OCH3 is 2. The maximum Gasteiger partial charge on any atom is 0.346 e. The van der Waals surface area contributed by atoms with E-state index in [0.29, 0.717) is 17.1 Å². The zero-order valence-electron chi connectivity index (χ0n) is 16.1. The molecular formula is C20H25NO5. The molecular weight excluding hydrogens is 334 g/mol. The zero-order valence-corrected chi connectivity index (χ0v) is 16.1. The molecule has 0 N–H and O–H groups in total. The topological polar surface area (TPSA) is 66.8 Å². The van der Waals surface area contributed by atoms with Crippen LogP contribution in [0.1, 0.15) is 52.0 Å². The van der Waals surface area contributed by atoms with Crippen LogP contribution in [0.3, 0.4) is 0 Å². The van der Waals surface area contributed by atoms with Gasteiger partial charge in [-0.25, -0.2) is 4.79 Å². The van der Waals surface area contributed by atoms with Crippen LogP contribution in [-0.4, -0.2) is 37.1 Å². The van der Waals surface area contributed by atoms with Crippen LogP contribution in [0.4, 0.5) is 0 Å². The summed E-state index contributed by atoms with van der Waals surface area (Å²) in [6, 6.07) is 7.06. The second-order valence-corrected chi connectivity index (χ2v) is 6.29. The lowest BCUT2D eigenvalue weighted by atomic mass is 10.1. The number of esters is 1. The van der Waals surface area contributed by atoms with Crippen molar-refractivity contribution in [1.29, 1.82) is 0 Å². The summed E-state index contributed by atoms with van der Waals surface area (Å²) in [4.78, 5) is 25.0. The Hall–Kier alpha value is -2.76. The van der Waals surface area contributed by atoms with Crippen molar-refractivity contribution in [3.63, 3.8) is 0 Å². The van der Waals surface area contributed by atoms with E-state index in [1.807, 2.05) is 19.9 Å². The number of rotatable bonds is 7. The Balaban J connectivity index is 2.19. The average Bonchev–Trinajstić information content (AvgIpc) is 2.92. The van der Waals surface area contributed by atoms with Crippen LogP contribution in [0.15, 0.2) is 24.3 Å². The third-order valence-electron chi connectivity index (χ3n) is 4.27. The molecule has 0 fully saturated rings. The summed E-state index contributed by atoms with van der Waals surface area (Å²) in [6.07, 6.45) is 0. The van der Waals surface area contributed by atoms with Crippen molar-refractivity contribution in [2.45, 2.75) is 33.7 Å². The summed E-state index contributed by atoms with van der Waals surface area (Å²) >= 11 is 0. The molecule has 2 rings (SSSR count). The predicted octanol–water partition coefficient (Wildman–Crippen LogP) is 3.74. The van der Waals surface area contributed by atoms with Gasteiger partial charge in [-0.15, -0.1) is 0 Å². The molecule has 0 radical (unpaired) electrons. The maximum absolute atomic E-state index is 12.5. The fraction of sp³-hybridized carbons (Fsp3) is 0.400. The Kier molecular flexibility index (Phi) is 6.08. The van der Waals surface area contributed by atoms with Crippen molar-refractivity contribution < 1.29 is 23.8 Å². The number of ether oxygens (including phenoxy) is 3. The number of hydrogen-bond acceptors (Lipinski definition) is 5. The normalized spacial score (nSPS) is 10.7. The third-order valence-corrected chi connectivity index (χ3v) is 4.27. The summed E-state index contributed by atoms with van der Waals surface area (Å²) < 4.78 is 17.7. The Morgan fingerprint density at radius 3 is 2.12 bits per heavy atom. The molecule has 2 aromatic rings. The molecule has 0 aliphatic carbocycles. The van der Waals surface area contributed by atoms with Gasteiger partial charge < -0.3 is 18.8 Å². The molecule has 0 aliphatic heterocycles. The molecule has 140 valence electrons. The average molecular weight is 359 g/mol. The maximum atomic E-state index is 12.5. The first-order chi connectivity index (χ1) is 12.3. The van der Waals surface area contributed by atoms with Gasteiger partial charge in [0.05, 0.1) is 14.2 Å². The fourth-order valence-electron chi connectivity index (χ4n) is 3.19. The molecule has 0 unspecified atom stereocenters. The molecule has 26 heavy (non-hydrogen) atoms. The largest absolute Gasteiger partial charge is 0.496 e. The van der Waals surface area contributed by atoms with Crippen molar-refractivity contribution in [3.8, 4) is 11.5 Å². The van der Waals surface area contributed by atoms with Crippen molar-refractivity contribution in [3.05, 3.63) is 46.8 Å². The van der Waals surface area contributed by atoms with Gasteiger partial charge in [0.15, 0.2) is 6.61 Å². The fourth-order valence-corrected chi connectivity index (χ4v) is 3.19. The summed E-state index contributed by atoms with van der Waals surface area (Å²) in [5.74, 6) is -0.239. The van der Waals surface area contributed by atoms with Gasteiger partial charge in [-0.2, -0.15) is 0 Å². The lowest BCUT2D eigenvalue weighted by molar-refractivity contribution is 0.0468. The van der Waals surface area contributed by atoms with Gasteiger partial charge >= 0.3 is 5.97 Å². The van der Waals surface area contributed by atoms with Crippen molar-refractivity contribution >= 4 is 11.8 Å². The second-order valence-electron chi connectivity index (χ2n) is 6.29. The monoisotopic (exact) mass is 359 g/mol.